The lowest BCUT2D eigenvalue weighted by Gasteiger charge is -2.38. The Kier molecular flexibility index (Phi) is 7.55. The Morgan fingerprint density at radius 3 is 2.59 bits per heavy atom. The second-order valence-electron chi connectivity index (χ2n) is 7.80. The smallest absolute Gasteiger partial charge is 0.194 e. The van der Waals surface area contributed by atoms with Crippen molar-refractivity contribution in [1.29, 1.82) is 0 Å². The van der Waals surface area contributed by atoms with Gasteiger partial charge in [-0.05, 0) is 57.7 Å². The van der Waals surface area contributed by atoms with E-state index in [0.717, 1.165) is 70.4 Å². The van der Waals surface area contributed by atoms with Gasteiger partial charge in [0.05, 0.1) is 0 Å². The van der Waals surface area contributed by atoms with E-state index in [4.69, 9.17) is 4.99 Å². The van der Waals surface area contributed by atoms with E-state index in [1.807, 2.05) is 6.20 Å². The summed E-state index contributed by atoms with van der Waals surface area (Å²) in [5, 5.41) is 3.48. The van der Waals surface area contributed by atoms with Crippen molar-refractivity contribution in [3.05, 3.63) is 47.5 Å². The molecular weight excluding hydrogens is 360 g/mol. The molecule has 1 aromatic carbocycles. The average molecular weight is 397 g/mol. The standard InChI is InChI=1S/C23H36N6/c1-5-24-23(26-11-6-7-13-27-14-12-25-21(27)4)29-17-15-28(16-18-29)22-10-8-9-19(2)20(22)3/h8-10,12,14H,5-7,11,13,15-18H2,1-4H3,(H,24,26). The first kappa shape index (κ1) is 21.2. The van der Waals surface area contributed by atoms with Gasteiger partial charge in [-0.1, -0.05) is 12.1 Å². The summed E-state index contributed by atoms with van der Waals surface area (Å²) in [4.78, 5) is 14.1. The normalized spacial score (nSPS) is 15.1. The highest BCUT2D eigenvalue weighted by Crippen LogP contribution is 2.23. The van der Waals surface area contributed by atoms with Crippen molar-refractivity contribution in [3.8, 4) is 0 Å². The van der Waals surface area contributed by atoms with Crippen LogP contribution in [0, 0.1) is 20.8 Å². The quantitative estimate of drug-likeness (QED) is 0.443. The number of aryl methyl sites for hydroxylation is 3. The number of unbranched alkanes of at least 4 members (excludes halogenated alkanes) is 1. The average Bonchev–Trinajstić information content (AvgIpc) is 3.14. The minimum Gasteiger partial charge on any atom is -0.368 e. The molecule has 158 valence electrons. The molecule has 6 nitrogen and oxygen atoms in total. The van der Waals surface area contributed by atoms with E-state index in [1.54, 1.807) is 0 Å². The maximum Gasteiger partial charge on any atom is 0.194 e. The number of hydrogen-bond donors (Lipinski definition) is 1. The lowest BCUT2D eigenvalue weighted by Crippen LogP contribution is -2.52. The number of rotatable bonds is 7. The Morgan fingerprint density at radius 1 is 1.10 bits per heavy atom. The molecular formula is C23H36N6. The number of nitrogens with zero attached hydrogens (tertiary/aromatic N) is 5. The molecule has 1 N–H and O–H groups in total. The van der Waals surface area contributed by atoms with Crippen molar-refractivity contribution in [1.82, 2.24) is 19.8 Å². The van der Waals surface area contributed by atoms with Gasteiger partial charge in [-0.25, -0.2) is 4.98 Å². The van der Waals surface area contributed by atoms with Gasteiger partial charge in [-0.2, -0.15) is 0 Å². The molecule has 1 aliphatic heterocycles. The molecule has 29 heavy (non-hydrogen) atoms. The Morgan fingerprint density at radius 2 is 1.90 bits per heavy atom. The molecule has 3 rings (SSSR count). The summed E-state index contributed by atoms with van der Waals surface area (Å²) in [6.07, 6.45) is 6.14. The number of guanidine groups is 1. The molecule has 1 aliphatic rings. The maximum atomic E-state index is 4.90. The van der Waals surface area contributed by atoms with E-state index in [9.17, 15) is 0 Å². The van der Waals surface area contributed by atoms with E-state index >= 15 is 0 Å². The number of anilines is 1. The summed E-state index contributed by atoms with van der Waals surface area (Å²) in [6, 6.07) is 6.61. The van der Waals surface area contributed by atoms with Gasteiger partial charge in [0, 0.05) is 63.9 Å². The van der Waals surface area contributed by atoms with Gasteiger partial charge < -0.3 is 19.7 Å². The van der Waals surface area contributed by atoms with Crippen LogP contribution in [0.4, 0.5) is 5.69 Å². The lowest BCUT2D eigenvalue weighted by atomic mass is 10.1. The zero-order valence-electron chi connectivity index (χ0n) is 18.5. The lowest BCUT2D eigenvalue weighted by molar-refractivity contribution is 0.372. The van der Waals surface area contributed by atoms with E-state index < -0.39 is 0 Å². The first-order valence-electron chi connectivity index (χ1n) is 10.9. The van der Waals surface area contributed by atoms with Crippen molar-refractivity contribution in [2.45, 2.75) is 47.1 Å². The molecule has 0 spiro atoms. The van der Waals surface area contributed by atoms with Crippen LogP contribution < -0.4 is 10.2 Å². The van der Waals surface area contributed by atoms with Crippen molar-refractivity contribution >= 4 is 11.6 Å². The summed E-state index contributed by atoms with van der Waals surface area (Å²) >= 11 is 0. The van der Waals surface area contributed by atoms with Gasteiger partial charge in [-0.3, -0.25) is 4.99 Å². The van der Waals surface area contributed by atoms with Crippen LogP contribution in [0.5, 0.6) is 0 Å². The number of piperazine rings is 1. The van der Waals surface area contributed by atoms with Crippen molar-refractivity contribution in [2.24, 2.45) is 4.99 Å². The highest BCUT2D eigenvalue weighted by molar-refractivity contribution is 5.80. The van der Waals surface area contributed by atoms with Gasteiger partial charge in [0.15, 0.2) is 5.96 Å². The van der Waals surface area contributed by atoms with E-state index in [-0.39, 0.29) is 0 Å². The first-order chi connectivity index (χ1) is 14.1. The largest absolute Gasteiger partial charge is 0.368 e. The highest BCUT2D eigenvalue weighted by Gasteiger charge is 2.20. The van der Waals surface area contributed by atoms with Crippen LogP contribution in [0.2, 0.25) is 0 Å². The van der Waals surface area contributed by atoms with Gasteiger partial charge in [-0.15, -0.1) is 0 Å². The molecule has 0 aliphatic carbocycles. The number of imidazole rings is 1. The predicted molar refractivity (Wildman–Crippen MR) is 122 cm³/mol. The van der Waals surface area contributed by atoms with Crippen LogP contribution in [-0.4, -0.2) is 59.7 Å². The highest BCUT2D eigenvalue weighted by atomic mass is 15.3. The first-order valence-corrected chi connectivity index (χ1v) is 10.9. The number of aliphatic imine (C=N–C) groups is 1. The molecule has 1 aromatic heterocycles. The number of aromatic nitrogens is 2. The number of nitrogens with one attached hydrogen (secondary N) is 1. The maximum absolute atomic E-state index is 4.90. The van der Waals surface area contributed by atoms with Crippen molar-refractivity contribution < 1.29 is 0 Å². The third kappa shape index (κ3) is 5.52. The zero-order valence-corrected chi connectivity index (χ0v) is 18.5. The van der Waals surface area contributed by atoms with E-state index in [2.05, 4.69) is 76.8 Å². The predicted octanol–water partition coefficient (Wildman–Crippen LogP) is 3.38. The topological polar surface area (TPSA) is 48.7 Å². The Balaban J connectivity index is 1.50. The van der Waals surface area contributed by atoms with Crippen LogP contribution in [0.3, 0.4) is 0 Å². The minimum absolute atomic E-state index is 0.868. The second-order valence-corrected chi connectivity index (χ2v) is 7.80. The molecule has 2 aromatic rings. The molecule has 0 atom stereocenters. The number of hydrogen-bond acceptors (Lipinski definition) is 3. The molecule has 2 heterocycles. The fraction of sp³-hybridized carbons (Fsp3) is 0.565. The molecule has 1 saturated heterocycles. The summed E-state index contributed by atoms with van der Waals surface area (Å²) in [6.45, 7) is 15.5. The van der Waals surface area contributed by atoms with Crippen molar-refractivity contribution in [3.63, 3.8) is 0 Å². The number of benzene rings is 1. The SMILES string of the molecule is CCNC(=NCCCCn1ccnc1C)N1CCN(c2cccc(C)c2C)CC1. The third-order valence-corrected chi connectivity index (χ3v) is 5.82. The Bertz CT molecular complexity index is 801. The van der Waals surface area contributed by atoms with Crippen molar-refractivity contribution in [2.75, 3.05) is 44.2 Å². The molecule has 0 bridgehead atoms. The van der Waals surface area contributed by atoms with Crippen LogP contribution in [0.25, 0.3) is 0 Å². The molecule has 0 saturated carbocycles. The summed E-state index contributed by atoms with van der Waals surface area (Å²) in [5.41, 5.74) is 4.14. The Hall–Kier alpha value is -2.50. The van der Waals surface area contributed by atoms with Crippen LogP contribution in [0.1, 0.15) is 36.7 Å². The molecule has 6 heteroatoms. The van der Waals surface area contributed by atoms with Crippen LogP contribution >= 0.6 is 0 Å². The zero-order chi connectivity index (χ0) is 20.6. The second kappa shape index (κ2) is 10.3. The van der Waals surface area contributed by atoms with Crippen LogP contribution in [0.15, 0.2) is 35.6 Å². The monoisotopic (exact) mass is 396 g/mol. The Labute approximate surface area is 175 Å². The molecule has 0 amide bonds. The fourth-order valence-corrected chi connectivity index (χ4v) is 3.88. The molecule has 1 fully saturated rings. The molecule has 0 radical (unpaired) electrons. The van der Waals surface area contributed by atoms with E-state index in [0.29, 0.717) is 0 Å². The summed E-state index contributed by atoms with van der Waals surface area (Å²) in [7, 11) is 0. The third-order valence-electron chi connectivity index (χ3n) is 5.82. The summed E-state index contributed by atoms with van der Waals surface area (Å²) < 4.78 is 2.21. The van der Waals surface area contributed by atoms with Gasteiger partial charge in [0.25, 0.3) is 0 Å². The van der Waals surface area contributed by atoms with Crippen LogP contribution in [-0.2, 0) is 6.54 Å². The fourth-order valence-electron chi connectivity index (χ4n) is 3.88. The van der Waals surface area contributed by atoms with Gasteiger partial charge in [0.1, 0.15) is 5.82 Å². The van der Waals surface area contributed by atoms with E-state index in [1.165, 1.54) is 16.8 Å². The van der Waals surface area contributed by atoms with Gasteiger partial charge in [0.2, 0.25) is 0 Å². The molecule has 0 unspecified atom stereocenters. The summed E-state index contributed by atoms with van der Waals surface area (Å²) in [5.74, 6) is 2.15. The van der Waals surface area contributed by atoms with Gasteiger partial charge >= 0.3 is 0 Å². The minimum atomic E-state index is 0.868.